The lowest BCUT2D eigenvalue weighted by Gasteiger charge is -2.31. The topological polar surface area (TPSA) is 30.5 Å². The van der Waals surface area contributed by atoms with Gasteiger partial charge in [0.2, 0.25) is 6.79 Å². The van der Waals surface area contributed by atoms with Gasteiger partial charge in [-0.1, -0.05) is 26.3 Å². The van der Waals surface area contributed by atoms with Crippen LogP contribution in [-0.2, 0) is 6.42 Å². The van der Waals surface area contributed by atoms with Crippen LogP contribution < -0.4 is 14.8 Å². The smallest absolute Gasteiger partial charge is 0.231 e. The van der Waals surface area contributed by atoms with Crippen LogP contribution in [0.2, 0.25) is 0 Å². The summed E-state index contributed by atoms with van der Waals surface area (Å²) in [4.78, 5) is 0. The minimum absolute atomic E-state index is 0.355. The van der Waals surface area contributed by atoms with E-state index in [2.05, 4.69) is 38.2 Å². The molecule has 3 nitrogen and oxygen atoms in total. The predicted molar refractivity (Wildman–Crippen MR) is 84.9 cm³/mol. The van der Waals surface area contributed by atoms with E-state index in [0.29, 0.717) is 24.3 Å². The molecule has 3 heteroatoms. The quantitative estimate of drug-likeness (QED) is 0.891. The molecule has 1 aliphatic heterocycles. The van der Waals surface area contributed by atoms with Gasteiger partial charge in [-0.3, -0.25) is 0 Å². The van der Waals surface area contributed by atoms with Crippen LogP contribution in [0.5, 0.6) is 11.5 Å². The first-order valence-corrected chi connectivity index (χ1v) is 8.19. The average molecular weight is 289 g/mol. The summed E-state index contributed by atoms with van der Waals surface area (Å²) in [5.74, 6) is 1.77. The van der Waals surface area contributed by atoms with Crippen molar-refractivity contribution in [1.29, 1.82) is 0 Å². The molecule has 1 fully saturated rings. The fraction of sp³-hybridized carbons (Fsp3) is 0.667. The summed E-state index contributed by atoms with van der Waals surface area (Å²) < 4.78 is 10.8. The van der Waals surface area contributed by atoms with Crippen LogP contribution in [-0.4, -0.2) is 18.9 Å². The molecule has 1 aromatic rings. The molecule has 1 aromatic carbocycles. The second kappa shape index (κ2) is 5.88. The zero-order valence-corrected chi connectivity index (χ0v) is 13.4. The Morgan fingerprint density at radius 2 is 2.10 bits per heavy atom. The summed E-state index contributed by atoms with van der Waals surface area (Å²) in [6.45, 7) is 7.44. The van der Waals surface area contributed by atoms with E-state index in [-0.39, 0.29) is 0 Å². The second-order valence-corrected chi connectivity index (χ2v) is 7.23. The number of rotatable bonds is 5. The highest BCUT2D eigenvalue weighted by Crippen LogP contribution is 2.37. The molecule has 2 aliphatic rings. The van der Waals surface area contributed by atoms with Crippen LogP contribution in [0.1, 0.15) is 52.0 Å². The van der Waals surface area contributed by atoms with Crippen molar-refractivity contribution >= 4 is 0 Å². The van der Waals surface area contributed by atoms with Gasteiger partial charge in [0.1, 0.15) is 0 Å². The zero-order valence-electron chi connectivity index (χ0n) is 13.4. The van der Waals surface area contributed by atoms with Gasteiger partial charge < -0.3 is 14.8 Å². The van der Waals surface area contributed by atoms with Crippen LogP contribution in [0.25, 0.3) is 0 Å². The molecule has 1 N–H and O–H groups in total. The number of nitrogens with one attached hydrogen (secondary N) is 1. The number of aryl methyl sites for hydroxylation is 1. The van der Waals surface area contributed by atoms with Crippen molar-refractivity contribution in [3.05, 3.63) is 23.8 Å². The van der Waals surface area contributed by atoms with E-state index in [9.17, 15) is 0 Å². The first-order chi connectivity index (χ1) is 10.0. The molecule has 116 valence electrons. The lowest BCUT2D eigenvalue weighted by atomic mass is 9.87. The summed E-state index contributed by atoms with van der Waals surface area (Å²) >= 11 is 0. The fourth-order valence-corrected chi connectivity index (χ4v) is 3.54. The molecule has 0 bridgehead atoms. The Morgan fingerprint density at radius 1 is 1.29 bits per heavy atom. The van der Waals surface area contributed by atoms with Gasteiger partial charge >= 0.3 is 0 Å². The van der Waals surface area contributed by atoms with Crippen LogP contribution in [0.15, 0.2) is 18.2 Å². The lowest BCUT2D eigenvalue weighted by Crippen LogP contribution is -2.42. The molecular formula is C18H27NO2. The first kappa shape index (κ1) is 14.7. The average Bonchev–Trinajstić information content (AvgIpc) is 3.03. The van der Waals surface area contributed by atoms with E-state index in [1.54, 1.807) is 0 Å². The maximum absolute atomic E-state index is 5.44. The van der Waals surface area contributed by atoms with Crippen molar-refractivity contribution < 1.29 is 9.47 Å². The zero-order chi connectivity index (χ0) is 14.9. The van der Waals surface area contributed by atoms with Crippen LogP contribution in [0.4, 0.5) is 0 Å². The van der Waals surface area contributed by atoms with Crippen molar-refractivity contribution in [1.82, 2.24) is 5.32 Å². The van der Waals surface area contributed by atoms with Crippen LogP contribution in [0, 0.1) is 5.41 Å². The van der Waals surface area contributed by atoms with E-state index in [1.807, 2.05) is 6.07 Å². The molecule has 3 rings (SSSR count). The summed E-state index contributed by atoms with van der Waals surface area (Å²) in [5.41, 5.74) is 1.78. The van der Waals surface area contributed by atoms with E-state index >= 15 is 0 Å². The molecular weight excluding hydrogens is 262 g/mol. The van der Waals surface area contributed by atoms with E-state index in [0.717, 1.165) is 24.3 Å². The molecule has 0 radical (unpaired) electrons. The van der Waals surface area contributed by atoms with Gasteiger partial charge in [-0.05, 0) is 55.7 Å². The molecule has 1 heterocycles. The van der Waals surface area contributed by atoms with Crippen molar-refractivity contribution in [2.75, 3.05) is 6.79 Å². The minimum Gasteiger partial charge on any atom is -0.454 e. The van der Waals surface area contributed by atoms with Crippen molar-refractivity contribution in [3.8, 4) is 11.5 Å². The molecule has 0 saturated heterocycles. The van der Waals surface area contributed by atoms with Crippen molar-refractivity contribution in [2.45, 2.75) is 65.0 Å². The highest BCUT2D eigenvalue weighted by Gasteiger charge is 2.34. The molecule has 21 heavy (non-hydrogen) atoms. The standard InChI is InChI=1S/C18H27NO2/c1-13(19-17-5-4-10-18(17,2)3)6-7-14-8-9-15-16(11-14)21-12-20-15/h8-9,11,13,17,19H,4-7,10,12H2,1-3H3. The van der Waals surface area contributed by atoms with Crippen LogP contribution in [0.3, 0.4) is 0 Å². The van der Waals surface area contributed by atoms with Gasteiger partial charge in [0.05, 0.1) is 0 Å². The third-order valence-corrected chi connectivity index (χ3v) is 5.05. The van der Waals surface area contributed by atoms with E-state index in [4.69, 9.17) is 9.47 Å². The largest absolute Gasteiger partial charge is 0.454 e. The Hall–Kier alpha value is -1.22. The molecule has 1 aliphatic carbocycles. The molecule has 2 atom stereocenters. The molecule has 0 aromatic heterocycles. The Labute approximate surface area is 128 Å². The van der Waals surface area contributed by atoms with Gasteiger partial charge in [-0.2, -0.15) is 0 Å². The van der Waals surface area contributed by atoms with Gasteiger partial charge in [0.25, 0.3) is 0 Å². The first-order valence-electron chi connectivity index (χ1n) is 8.19. The van der Waals surface area contributed by atoms with Crippen LogP contribution >= 0.6 is 0 Å². The number of hydrogen-bond acceptors (Lipinski definition) is 3. The summed E-state index contributed by atoms with van der Waals surface area (Å²) in [7, 11) is 0. The maximum atomic E-state index is 5.44. The third-order valence-electron chi connectivity index (χ3n) is 5.05. The molecule has 0 amide bonds. The fourth-order valence-electron chi connectivity index (χ4n) is 3.54. The van der Waals surface area contributed by atoms with Gasteiger partial charge in [0, 0.05) is 12.1 Å². The highest BCUT2D eigenvalue weighted by atomic mass is 16.7. The summed E-state index contributed by atoms with van der Waals surface area (Å²) in [6, 6.07) is 7.52. The Morgan fingerprint density at radius 3 is 2.86 bits per heavy atom. The van der Waals surface area contributed by atoms with Crippen molar-refractivity contribution in [2.24, 2.45) is 5.41 Å². The maximum Gasteiger partial charge on any atom is 0.231 e. The third kappa shape index (κ3) is 3.34. The SMILES string of the molecule is CC(CCc1ccc2c(c1)OCO2)NC1CCCC1(C)C. The summed E-state index contributed by atoms with van der Waals surface area (Å²) in [6.07, 6.45) is 6.27. The minimum atomic E-state index is 0.355. The van der Waals surface area contributed by atoms with E-state index in [1.165, 1.54) is 24.8 Å². The monoisotopic (exact) mass is 289 g/mol. The normalized spacial score (nSPS) is 24.2. The van der Waals surface area contributed by atoms with Crippen molar-refractivity contribution in [3.63, 3.8) is 0 Å². The Bertz CT molecular complexity index is 498. The highest BCUT2D eigenvalue weighted by molar-refractivity contribution is 5.44. The van der Waals surface area contributed by atoms with Gasteiger partial charge in [-0.15, -0.1) is 0 Å². The number of fused-ring (bicyclic) bond motifs is 1. The second-order valence-electron chi connectivity index (χ2n) is 7.23. The Kier molecular flexibility index (Phi) is 4.12. The van der Waals surface area contributed by atoms with Gasteiger partial charge in [-0.25, -0.2) is 0 Å². The number of ether oxygens (including phenoxy) is 2. The van der Waals surface area contributed by atoms with Gasteiger partial charge in [0.15, 0.2) is 11.5 Å². The Balaban J connectivity index is 1.50. The molecule has 2 unspecified atom stereocenters. The molecule has 1 saturated carbocycles. The number of benzene rings is 1. The molecule has 0 spiro atoms. The van der Waals surface area contributed by atoms with E-state index < -0.39 is 0 Å². The number of hydrogen-bond donors (Lipinski definition) is 1. The predicted octanol–water partition coefficient (Wildman–Crippen LogP) is 3.90. The lowest BCUT2D eigenvalue weighted by molar-refractivity contribution is 0.174. The summed E-state index contributed by atoms with van der Waals surface area (Å²) in [5, 5.41) is 3.84.